The summed E-state index contributed by atoms with van der Waals surface area (Å²) in [5.74, 6) is 2.57. The molecule has 0 radical (unpaired) electrons. The largest absolute Gasteiger partial charge is 0.349 e. The number of aromatic nitrogens is 1. The van der Waals surface area contributed by atoms with E-state index in [0.29, 0.717) is 18.2 Å². The van der Waals surface area contributed by atoms with E-state index in [1.54, 1.807) is 6.20 Å². The third-order valence-corrected chi connectivity index (χ3v) is 3.33. The molecule has 1 fully saturated rings. The average molecular weight is 243 g/mol. The summed E-state index contributed by atoms with van der Waals surface area (Å²) in [5, 5.41) is 3.10. The van der Waals surface area contributed by atoms with Crippen LogP contribution in [0.15, 0.2) is 24.5 Å². The summed E-state index contributed by atoms with van der Waals surface area (Å²) < 4.78 is 1.84. The molecule has 0 unspecified atom stereocenters. The van der Waals surface area contributed by atoms with Crippen LogP contribution in [0, 0.1) is 12.3 Å². The fourth-order valence-corrected chi connectivity index (χ4v) is 2.38. The topological polar surface area (TPSA) is 33.0 Å². The second-order valence-electron chi connectivity index (χ2n) is 4.78. The zero-order valence-corrected chi connectivity index (χ0v) is 10.6. The van der Waals surface area contributed by atoms with Crippen molar-refractivity contribution in [2.24, 2.45) is 0 Å². The number of terminal acetylenes is 1. The Morgan fingerprint density at radius 3 is 2.94 bits per heavy atom. The van der Waals surface area contributed by atoms with Gasteiger partial charge in [0.05, 0.1) is 0 Å². The third-order valence-electron chi connectivity index (χ3n) is 3.33. The summed E-state index contributed by atoms with van der Waals surface area (Å²) in [5.41, 5.74) is 0.679. The highest BCUT2D eigenvalue weighted by Gasteiger charge is 2.17. The molecule has 1 saturated carbocycles. The molecule has 1 aliphatic rings. The van der Waals surface area contributed by atoms with Gasteiger partial charge in [-0.1, -0.05) is 19.3 Å². The molecule has 1 N–H and O–H groups in total. The molecule has 0 atom stereocenters. The molecule has 0 aromatic carbocycles. The minimum Gasteiger partial charge on any atom is -0.349 e. The molecule has 0 bridgehead atoms. The van der Waals surface area contributed by atoms with Crippen molar-refractivity contribution in [1.29, 1.82) is 0 Å². The summed E-state index contributed by atoms with van der Waals surface area (Å²) in [6.07, 6.45) is 14.9. The van der Waals surface area contributed by atoms with Crippen LogP contribution in [0.1, 0.15) is 42.5 Å². The van der Waals surface area contributed by atoms with Crippen LogP contribution in [0.5, 0.6) is 0 Å². The molecule has 0 saturated heterocycles. The van der Waals surface area contributed by atoms with Crippen LogP contribution >= 0.6 is 0 Å². The number of rotatable bonds is 3. The van der Waals surface area contributed by atoms with Crippen LogP contribution in [0.4, 0.5) is 0 Å². The molecule has 2 rings (SSSR count). The summed E-state index contributed by atoms with van der Waals surface area (Å²) in [7, 11) is 0. The molecule has 94 valence electrons. The normalized spacial score (nSPS) is 15.9. The lowest BCUT2D eigenvalue weighted by molar-refractivity contribution is -0.684. The van der Waals surface area contributed by atoms with Gasteiger partial charge in [-0.2, -0.15) is 4.57 Å². The van der Waals surface area contributed by atoms with Crippen molar-refractivity contribution >= 4 is 5.91 Å². The summed E-state index contributed by atoms with van der Waals surface area (Å²) in [6.45, 7) is 0.491. The summed E-state index contributed by atoms with van der Waals surface area (Å²) in [6, 6.07) is 4.02. The molecule has 0 aliphatic heterocycles. The number of nitrogens with zero attached hydrogens (tertiary/aromatic N) is 1. The molecule has 18 heavy (non-hydrogen) atoms. The Hall–Kier alpha value is -1.82. The van der Waals surface area contributed by atoms with Crippen molar-refractivity contribution in [1.82, 2.24) is 5.32 Å². The maximum atomic E-state index is 12.1. The van der Waals surface area contributed by atoms with Gasteiger partial charge in [-0.05, 0) is 24.8 Å². The third kappa shape index (κ3) is 3.33. The van der Waals surface area contributed by atoms with Gasteiger partial charge in [0.25, 0.3) is 5.91 Å². The number of carbonyl (C=O) groups excluding carboxylic acids is 1. The van der Waals surface area contributed by atoms with Crippen molar-refractivity contribution in [3.05, 3.63) is 30.1 Å². The maximum Gasteiger partial charge on any atom is 0.257 e. The molecular formula is C15H19N2O+. The summed E-state index contributed by atoms with van der Waals surface area (Å²) in [4.78, 5) is 12.1. The van der Waals surface area contributed by atoms with Gasteiger partial charge in [0.15, 0.2) is 12.4 Å². The first-order valence-corrected chi connectivity index (χ1v) is 6.53. The number of pyridine rings is 1. The first-order chi connectivity index (χ1) is 8.79. The first kappa shape index (κ1) is 12.6. The Balaban J connectivity index is 1.99. The number of amides is 1. The molecule has 1 aliphatic carbocycles. The Bertz CT molecular complexity index is 456. The van der Waals surface area contributed by atoms with Crippen molar-refractivity contribution < 1.29 is 9.36 Å². The number of carbonyl (C=O) groups is 1. The summed E-state index contributed by atoms with van der Waals surface area (Å²) >= 11 is 0. The van der Waals surface area contributed by atoms with Crippen LogP contribution < -0.4 is 9.88 Å². The zero-order valence-electron chi connectivity index (χ0n) is 10.6. The highest BCUT2D eigenvalue weighted by Crippen LogP contribution is 2.17. The fourth-order valence-electron chi connectivity index (χ4n) is 2.38. The van der Waals surface area contributed by atoms with Crippen LogP contribution in [-0.2, 0) is 6.54 Å². The van der Waals surface area contributed by atoms with E-state index in [-0.39, 0.29) is 5.91 Å². The van der Waals surface area contributed by atoms with E-state index in [1.807, 2.05) is 22.9 Å². The fraction of sp³-hybridized carbons (Fsp3) is 0.467. The van der Waals surface area contributed by atoms with Crippen molar-refractivity contribution in [3.63, 3.8) is 0 Å². The Kier molecular flexibility index (Phi) is 4.35. The van der Waals surface area contributed by atoms with Crippen LogP contribution in [-0.4, -0.2) is 11.9 Å². The average Bonchev–Trinajstić information content (AvgIpc) is 2.40. The minimum absolute atomic E-state index is 0.00766. The Labute approximate surface area is 108 Å². The maximum absolute atomic E-state index is 12.1. The van der Waals surface area contributed by atoms with Crippen LogP contribution in [0.25, 0.3) is 0 Å². The SMILES string of the molecule is C#CC[n+]1cccc(C(=O)NC2CCCCC2)c1. The zero-order chi connectivity index (χ0) is 12.8. The lowest BCUT2D eigenvalue weighted by Gasteiger charge is -2.22. The Morgan fingerprint density at radius 2 is 2.22 bits per heavy atom. The molecule has 1 aromatic heterocycles. The molecule has 3 nitrogen and oxygen atoms in total. The van der Waals surface area contributed by atoms with Crippen LogP contribution in [0.3, 0.4) is 0 Å². The molecule has 3 heteroatoms. The van der Waals surface area contributed by atoms with Gasteiger partial charge in [0.1, 0.15) is 5.56 Å². The van der Waals surface area contributed by atoms with Gasteiger partial charge < -0.3 is 5.32 Å². The standard InChI is InChI=1S/C15H18N2O/c1-2-10-17-11-6-7-13(12-17)15(18)16-14-8-4-3-5-9-14/h1,6-7,11-12,14H,3-5,8-10H2/p+1. The van der Waals surface area contributed by atoms with Crippen molar-refractivity contribution in [3.8, 4) is 12.3 Å². The number of hydrogen-bond acceptors (Lipinski definition) is 1. The first-order valence-electron chi connectivity index (χ1n) is 6.53. The monoisotopic (exact) mass is 243 g/mol. The lowest BCUT2D eigenvalue weighted by atomic mass is 9.95. The molecule has 0 spiro atoms. The van der Waals surface area contributed by atoms with E-state index in [2.05, 4.69) is 11.2 Å². The highest BCUT2D eigenvalue weighted by atomic mass is 16.1. The smallest absolute Gasteiger partial charge is 0.257 e. The van der Waals surface area contributed by atoms with Crippen molar-refractivity contribution in [2.45, 2.75) is 44.7 Å². The predicted molar refractivity (Wildman–Crippen MR) is 69.8 cm³/mol. The van der Waals surface area contributed by atoms with Gasteiger partial charge in [0.2, 0.25) is 6.54 Å². The quantitative estimate of drug-likeness (QED) is 0.636. The van der Waals surface area contributed by atoms with E-state index >= 15 is 0 Å². The second-order valence-corrected chi connectivity index (χ2v) is 4.78. The highest BCUT2D eigenvalue weighted by molar-refractivity contribution is 5.93. The van der Waals surface area contributed by atoms with E-state index < -0.39 is 0 Å². The van der Waals surface area contributed by atoms with E-state index in [1.165, 1.54) is 19.3 Å². The van der Waals surface area contributed by atoms with E-state index in [4.69, 9.17) is 6.42 Å². The van der Waals surface area contributed by atoms with Gasteiger partial charge in [-0.3, -0.25) is 4.79 Å². The van der Waals surface area contributed by atoms with Gasteiger partial charge in [-0.25, -0.2) is 0 Å². The lowest BCUT2D eigenvalue weighted by Crippen LogP contribution is -2.38. The number of hydrogen-bond donors (Lipinski definition) is 1. The molecule has 1 aromatic rings. The predicted octanol–water partition coefficient (Wildman–Crippen LogP) is 1.67. The molecule has 1 amide bonds. The molecular weight excluding hydrogens is 224 g/mol. The van der Waals surface area contributed by atoms with E-state index in [0.717, 1.165) is 12.8 Å². The number of nitrogens with one attached hydrogen (secondary N) is 1. The van der Waals surface area contributed by atoms with Gasteiger partial charge in [-0.15, -0.1) is 6.42 Å². The Morgan fingerprint density at radius 1 is 1.44 bits per heavy atom. The van der Waals surface area contributed by atoms with E-state index in [9.17, 15) is 4.79 Å². The minimum atomic E-state index is 0.00766. The second kappa shape index (κ2) is 6.20. The van der Waals surface area contributed by atoms with Gasteiger partial charge in [0, 0.05) is 12.1 Å². The van der Waals surface area contributed by atoms with Crippen LogP contribution in [0.2, 0.25) is 0 Å². The molecule has 1 heterocycles. The van der Waals surface area contributed by atoms with Crippen molar-refractivity contribution in [2.75, 3.05) is 0 Å². The van der Waals surface area contributed by atoms with Gasteiger partial charge >= 0.3 is 0 Å².